The van der Waals surface area contributed by atoms with Crippen molar-refractivity contribution in [2.45, 2.75) is 26.2 Å². The number of furan rings is 1. The van der Waals surface area contributed by atoms with Crippen molar-refractivity contribution in [3.05, 3.63) is 70.7 Å². The molecule has 0 fully saturated rings. The number of fused-ring (bicyclic) bond motifs is 2. The molecule has 0 saturated carbocycles. The Morgan fingerprint density at radius 2 is 1.81 bits per heavy atom. The third-order valence-electron chi connectivity index (χ3n) is 4.96. The Morgan fingerprint density at radius 1 is 1.04 bits per heavy atom. The Morgan fingerprint density at radius 3 is 2.59 bits per heavy atom. The number of hydrogen-bond acceptors (Lipinski definition) is 5. The first-order chi connectivity index (χ1) is 13.3. The van der Waals surface area contributed by atoms with Crippen LogP contribution in [0.2, 0.25) is 0 Å². The highest BCUT2D eigenvalue weighted by Crippen LogP contribution is 2.35. The molecule has 0 radical (unpaired) electrons. The summed E-state index contributed by atoms with van der Waals surface area (Å²) in [5.41, 5.74) is 3.18. The molecule has 1 atom stereocenters. The first-order valence-corrected chi connectivity index (χ1v) is 9.83. The van der Waals surface area contributed by atoms with Gasteiger partial charge >= 0.3 is 0 Å². The smallest absolute Gasteiger partial charge is 0.235 e. The van der Waals surface area contributed by atoms with Gasteiger partial charge in [-0.2, -0.15) is 9.61 Å². The van der Waals surface area contributed by atoms with Gasteiger partial charge in [-0.25, -0.2) is 0 Å². The average Bonchev–Trinajstić information content (AvgIpc) is 3.37. The molecule has 0 unspecified atom stereocenters. The zero-order chi connectivity index (χ0) is 18.4. The summed E-state index contributed by atoms with van der Waals surface area (Å²) < 4.78 is 7.89. The van der Waals surface area contributed by atoms with Crippen molar-refractivity contribution in [1.29, 1.82) is 0 Å². The van der Waals surface area contributed by atoms with Crippen molar-refractivity contribution in [2.24, 2.45) is 0 Å². The minimum absolute atomic E-state index is 0.252. The standard InChI is InChI=1S/C21H18N4OS/c1-3-15(14-9-5-4-6-10-14)20-24-25-19(22-23-21(25)27-20)18-13(2)16-11-7-8-12-17(16)26-18/h4-12,15H,3H2,1-2H3/t15-/m0/s1. The van der Waals surface area contributed by atoms with Crippen LogP contribution < -0.4 is 0 Å². The molecule has 27 heavy (non-hydrogen) atoms. The maximum atomic E-state index is 6.07. The van der Waals surface area contributed by atoms with E-state index in [0.717, 1.165) is 38.7 Å². The van der Waals surface area contributed by atoms with Crippen LogP contribution in [-0.4, -0.2) is 19.8 Å². The summed E-state index contributed by atoms with van der Waals surface area (Å²) in [4.78, 5) is 0.786. The van der Waals surface area contributed by atoms with E-state index in [9.17, 15) is 0 Å². The summed E-state index contributed by atoms with van der Waals surface area (Å²) >= 11 is 1.59. The van der Waals surface area contributed by atoms with E-state index in [-0.39, 0.29) is 5.92 Å². The molecule has 5 rings (SSSR count). The lowest BCUT2D eigenvalue weighted by Gasteiger charge is -2.11. The van der Waals surface area contributed by atoms with Crippen LogP contribution in [0.3, 0.4) is 0 Å². The van der Waals surface area contributed by atoms with E-state index >= 15 is 0 Å². The molecule has 0 amide bonds. The molecule has 0 bridgehead atoms. The monoisotopic (exact) mass is 374 g/mol. The van der Waals surface area contributed by atoms with Crippen LogP contribution in [0.1, 0.15) is 35.4 Å². The Bertz CT molecular complexity index is 1240. The lowest BCUT2D eigenvalue weighted by Crippen LogP contribution is -2.01. The molecule has 2 aromatic carbocycles. The van der Waals surface area contributed by atoms with Crippen LogP contribution in [0.4, 0.5) is 0 Å². The Labute approximate surface area is 160 Å². The molecule has 134 valence electrons. The topological polar surface area (TPSA) is 56.2 Å². The van der Waals surface area contributed by atoms with E-state index in [4.69, 9.17) is 9.52 Å². The molecule has 0 spiro atoms. The van der Waals surface area contributed by atoms with Gasteiger partial charge in [-0.1, -0.05) is 66.8 Å². The number of aryl methyl sites for hydroxylation is 1. The summed E-state index contributed by atoms with van der Waals surface area (Å²) in [7, 11) is 0. The van der Waals surface area contributed by atoms with E-state index < -0.39 is 0 Å². The van der Waals surface area contributed by atoms with Gasteiger partial charge in [0.15, 0.2) is 5.76 Å². The highest BCUT2D eigenvalue weighted by Gasteiger charge is 2.23. The quantitative estimate of drug-likeness (QED) is 0.420. The van der Waals surface area contributed by atoms with Gasteiger partial charge in [-0.3, -0.25) is 0 Å². The molecule has 3 aromatic heterocycles. The fourth-order valence-electron chi connectivity index (χ4n) is 3.54. The van der Waals surface area contributed by atoms with E-state index in [2.05, 4.69) is 47.5 Å². The molecule has 0 aliphatic rings. The maximum absolute atomic E-state index is 6.07. The Balaban J connectivity index is 1.64. The highest BCUT2D eigenvalue weighted by atomic mass is 32.1. The summed E-state index contributed by atoms with van der Waals surface area (Å²) in [6.07, 6.45) is 0.979. The van der Waals surface area contributed by atoms with Crippen LogP contribution in [0.15, 0.2) is 59.0 Å². The molecule has 0 N–H and O–H groups in total. The van der Waals surface area contributed by atoms with Gasteiger partial charge in [0, 0.05) is 16.9 Å². The zero-order valence-corrected chi connectivity index (χ0v) is 15.9. The van der Waals surface area contributed by atoms with Gasteiger partial charge in [-0.15, -0.1) is 10.2 Å². The Hall–Kier alpha value is -2.99. The molecule has 5 nitrogen and oxygen atoms in total. The third-order valence-corrected chi connectivity index (χ3v) is 5.97. The normalized spacial score (nSPS) is 12.8. The first-order valence-electron chi connectivity index (χ1n) is 9.02. The van der Waals surface area contributed by atoms with Crippen molar-refractivity contribution in [1.82, 2.24) is 19.8 Å². The van der Waals surface area contributed by atoms with Crippen molar-refractivity contribution < 1.29 is 4.42 Å². The number of para-hydroxylation sites is 1. The molecule has 6 heteroatoms. The van der Waals surface area contributed by atoms with Crippen LogP contribution in [-0.2, 0) is 0 Å². The second kappa shape index (κ2) is 6.32. The van der Waals surface area contributed by atoms with E-state index in [0.29, 0.717) is 5.82 Å². The second-order valence-electron chi connectivity index (χ2n) is 6.58. The Kier molecular flexibility index (Phi) is 3.79. The van der Waals surface area contributed by atoms with Gasteiger partial charge < -0.3 is 4.42 Å². The predicted molar refractivity (Wildman–Crippen MR) is 107 cm³/mol. The third kappa shape index (κ3) is 2.56. The molecule has 3 heterocycles. The van der Waals surface area contributed by atoms with Gasteiger partial charge in [0.2, 0.25) is 10.8 Å². The summed E-state index contributed by atoms with van der Waals surface area (Å²) in [5.74, 6) is 1.64. The van der Waals surface area contributed by atoms with Crippen molar-refractivity contribution in [3.63, 3.8) is 0 Å². The minimum Gasteiger partial charge on any atom is -0.452 e. The SMILES string of the molecule is CC[C@@H](c1ccccc1)c1nn2c(-c3oc4ccccc4c3C)nnc2s1. The number of rotatable bonds is 4. The van der Waals surface area contributed by atoms with Gasteiger partial charge in [0.25, 0.3) is 0 Å². The van der Waals surface area contributed by atoms with Gasteiger partial charge in [0.1, 0.15) is 10.6 Å². The second-order valence-corrected chi connectivity index (χ2v) is 7.57. The fraction of sp³-hybridized carbons (Fsp3) is 0.190. The summed E-state index contributed by atoms with van der Waals surface area (Å²) in [6.45, 7) is 4.23. The molecule has 0 aliphatic carbocycles. The van der Waals surface area contributed by atoms with Crippen LogP contribution in [0.5, 0.6) is 0 Å². The summed E-state index contributed by atoms with van der Waals surface area (Å²) in [5, 5.41) is 15.7. The molecule has 0 aliphatic heterocycles. The lowest BCUT2D eigenvalue weighted by atomic mass is 9.97. The first kappa shape index (κ1) is 16.2. The fourth-order valence-corrected chi connectivity index (χ4v) is 4.59. The van der Waals surface area contributed by atoms with Crippen LogP contribution in [0, 0.1) is 6.92 Å². The summed E-state index contributed by atoms with van der Waals surface area (Å²) in [6, 6.07) is 18.5. The number of nitrogens with zero attached hydrogens (tertiary/aromatic N) is 4. The lowest BCUT2D eigenvalue weighted by molar-refractivity contribution is 0.618. The van der Waals surface area contributed by atoms with Crippen LogP contribution >= 0.6 is 11.3 Å². The van der Waals surface area contributed by atoms with E-state index in [1.165, 1.54) is 5.56 Å². The van der Waals surface area contributed by atoms with E-state index in [1.54, 1.807) is 11.3 Å². The zero-order valence-electron chi connectivity index (χ0n) is 15.1. The molecular weight excluding hydrogens is 356 g/mol. The minimum atomic E-state index is 0.252. The average molecular weight is 374 g/mol. The predicted octanol–water partition coefficient (Wildman–Crippen LogP) is 5.45. The number of benzene rings is 2. The number of hydrogen-bond donors (Lipinski definition) is 0. The van der Waals surface area contributed by atoms with Crippen molar-refractivity contribution in [2.75, 3.05) is 0 Å². The van der Waals surface area contributed by atoms with Crippen LogP contribution in [0.25, 0.3) is 27.5 Å². The van der Waals surface area contributed by atoms with Gasteiger partial charge in [-0.05, 0) is 25.0 Å². The van der Waals surface area contributed by atoms with Gasteiger partial charge in [0.05, 0.1) is 0 Å². The highest BCUT2D eigenvalue weighted by molar-refractivity contribution is 7.16. The number of aromatic nitrogens is 4. The largest absolute Gasteiger partial charge is 0.452 e. The van der Waals surface area contributed by atoms with E-state index in [1.807, 2.05) is 35.7 Å². The molecule has 5 aromatic rings. The molecule has 0 saturated heterocycles. The van der Waals surface area contributed by atoms with Crippen molar-refractivity contribution >= 4 is 27.3 Å². The van der Waals surface area contributed by atoms with Crippen molar-refractivity contribution in [3.8, 4) is 11.6 Å². The molecular formula is C21H18N4OS. The maximum Gasteiger partial charge on any atom is 0.235 e.